The Kier molecular flexibility index (Phi) is 8.78. The summed E-state index contributed by atoms with van der Waals surface area (Å²) in [4.78, 5) is 21.5. The first-order valence-electron chi connectivity index (χ1n) is 10.8. The molecule has 2 heterocycles. The molecule has 166 valence electrons. The summed E-state index contributed by atoms with van der Waals surface area (Å²) in [6, 6.07) is 8.24. The van der Waals surface area contributed by atoms with Crippen molar-refractivity contribution in [2.24, 2.45) is 10.9 Å². The second kappa shape index (κ2) is 11.5. The average Bonchev–Trinajstić information content (AvgIpc) is 2.80. The predicted octanol–water partition coefficient (Wildman–Crippen LogP) is 2.56. The molecule has 1 aromatic rings. The molecule has 3 rings (SSSR count). The van der Waals surface area contributed by atoms with E-state index in [1.165, 1.54) is 12.7 Å². The fourth-order valence-corrected chi connectivity index (χ4v) is 4.22. The van der Waals surface area contributed by atoms with E-state index >= 15 is 0 Å². The van der Waals surface area contributed by atoms with E-state index < -0.39 is 0 Å². The number of halogens is 1. The van der Waals surface area contributed by atoms with Crippen LogP contribution in [0.2, 0.25) is 5.02 Å². The van der Waals surface area contributed by atoms with Gasteiger partial charge in [-0.05, 0) is 37.5 Å². The van der Waals surface area contributed by atoms with Gasteiger partial charge in [0, 0.05) is 37.7 Å². The molecule has 0 aliphatic carbocycles. The number of aliphatic imine (C=N–C) groups is 1. The number of nitrogens with one attached hydrogen (secondary N) is 1. The van der Waals surface area contributed by atoms with Crippen LogP contribution in [0.15, 0.2) is 29.3 Å². The molecule has 1 atom stereocenters. The van der Waals surface area contributed by atoms with Crippen LogP contribution < -0.4 is 5.32 Å². The van der Waals surface area contributed by atoms with Crippen LogP contribution in [-0.4, -0.2) is 81.3 Å². The van der Waals surface area contributed by atoms with E-state index in [-0.39, 0.29) is 17.9 Å². The van der Waals surface area contributed by atoms with E-state index in [4.69, 9.17) is 26.1 Å². The van der Waals surface area contributed by atoms with E-state index in [0.29, 0.717) is 6.54 Å². The summed E-state index contributed by atoms with van der Waals surface area (Å²) in [7, 11) is 1.46. The Hall–Kier alpha value is -1.83. The highest BCUT2D eigenvalue weighted by Gasteiger charge is 2.28. The first-order valence-corrected chi connectivity index (χ1v) is 11.2. The summed E-state index contributed by atoms with van der Waals surface area (Å²) < 4.78 is 10.5. The van der Waals surface area contributed by atoms with Crippen LogP contribution in [0.25, 0.3) is 0 Å². The maximum Gasteiger partial charge on any atom is 0.308 e. The minimum atomic E-state index is -0.105. The number of benzene rings is 1. The number of methoxy groups -OCH3 is 1. The lowest BCUT2D eigenvalue weighted by atomic mass is 9.97. The number of hydrogen-bond donors (Lipinski definition) is 1. The van der Waals surface area contributed by atoms with Gasteiger partial charge in [-0.15, -0.1) is 0 Å². The number of rotatable bonds is 6. The van der Waals surface area contributed by atoms with Gasteiger partial charge in [-0.25, -0.2) is 0 Å². The average molecular weight is 437 g/mol. The summed E-state index contributed by atoms with van der Waals surface area (Å²) in [6.45, 7) is 8.41. The van der Waals surface area contributed by atoms with Crippen LogP contribution in [0.3, 0.4) is 0 Å². The zero-order chi connectivity index (χ0) is 21.3. The van der Waals surface area contributed by atoms with Crippen LogP contribution in [-0.2, 0) is 14.3 Å². The van der Waals surface area contributed by atoms with Crippen molar-refractivity contribution in [2.75, 3.05) is 59.6 Å². The number of piperidine rings is 1. The van der Waals surface area contributed by atoms with Crippen molar-refractivity contribution in [1.82, 2.24) is 15.1 Å². The number of morpholine rings is 1. The SMILES string of the molecule is CCNC(=NCC(c1ccc(Cl)cc1)N1CCOCC1)N1CCC(C(=O)OC)CC1. The zero-order valence-electron chi connectivity index (χ0n) is 18.0. The van der Waals surface area contributed by atoms with E-state index in [0.717, 1.165) is 69.8 Å². The molecule has 1 aromatic carbocycles. The first kappa shape index (κ1) is 22.8. The molecule has 2 aliphatic rings. The van der Waals surface area contributed by atoms with Crippen molar-refractivity contribution in [3.05, 3.63) is 34.9 Å². The normalized spacial score (nSPS) is 20.1. The molecule has 8 heteroatoms. The molecular weight excluding hydrogens is 404 g/mol. The van der Waals surface area contributed by atoms with Crippen molar-refractivity contribution in [3.63, 3.8) is 0 Å². The highest BCUT2D eigenvalue weighted by atomic mass is 35.5. The molecule has 1 unspecified atom stereocenters. The van der Waals surface area contributed by atoms with Crippen LogP contribution in [0, 0.1) is 5.92 Å². The first-order chi connectivity index (χ1) is 14.6. The molecule has 7 nitrogen and oxygen atoms in total. The Morgan fingerprint density at radius 3 is 2.50 bits per heavy atom. The van der Waals surface area contributed by atoms with Crippen molar-refractivity contribution >= 4 is 23.5 Å². The maximum absolute atomic E-state index is 11.8. The second-order valence-corrected chi connectivity index (χ2v) is 8.13. The number of hydrogen-bond acceptors (Lipinski definition) is 5. The number of ether oxygens (including phenoxy) is 2. The van der Waals surface area contributed by atoms with Crippen molar-refractivity contribution in [1.29, 1.82) is 0 Å². The predicted molar refractivity (Wildman–Crippen MR) is 119 cm³/mol. The third-order valence-corrected chi connectivity index (χ3v) is 6.07. The highest BCUT2D eigenvalue weighted by Crippen LogP contribution is 2.25. The Morgan fingerprint density at radius 2 is 1.90 bits per heavy atom. The van der Waals surface area contributed by atoms with E-state index in [1.807, 2.05) is 12.1 Å². The Labute approximate surface area is 184 Å². The lowest BCUT2D eigenvalue weighted by Crippen LogP contribution is -2.47. The number of carbonyl (C=O) groups is 1. The van der Waals surface area contributed by atoms with Crippen LogP contribution >= 0.6 is 11.6 Å². The minimum Gasteiger partial charge on any atom is -0.469 e. The molecule has 0 bridgehead atoms. The molecule has 0 saturated carbocycles. The summed E-state index contributed by atoms with van der Waals surface area (Å²) >= 11 is 6.11. The summed E-state index contributed by atoms with van der Waals surface area (Å²) in [5.41, 5.74) is 1.21. The molecule has 2 aliphatic heterocycles. The van der Waals surface area contributed by atoms with Crippen LogP contribution in [0.4, 0.5) is 0 Å². The number of nitrogens with zero attached hydrogens (tertiary/aromatic N) is 3. The van der Waals surface area contributed by atoms with Crippen molar-refractivity contribution in [3.8, 4) is 0 Å². The van der Waals surface area contributed by atoms with Gasteiger partial charge < -0.3 is 19.7 Å². The van der Waals surface area contributed by atoms with Crippen molar-refractivity contribution in [2.45, 2.75) is 25.8 Å². The lowest BCUT2D eigenvalue weighted by Gasteiger charge is -2.35. The fourth-order valence-electron chi connectivity index (χ4n) is 4.10. The molecule has 1 N–H and O–H groups in total. The third kappa shape index (κ3) is 6.09. The molecule has 2 fully saturated rings. The Morgan fingerprint density at radius 1 is 1.23 bits per heavy atom. The van der Waals surface area contributed by atoms with Gasteiger partial charge in [0.25, 0.3) is 0 Å². The van der Waals surface area contributed by atoms with Gasteiger partial charge in [-0.3, -0.25) is 14.7 Å². The Balaban J connectivity index is 1.72. The summed E-state index contributed by atoms with van der Waals surface area (Å²) in [6.07, 6.45) is 1.59. The summed E-state index contributed by atoms with van der Waals surface area (Å²) in [5, 5.41) is 4.17. The second-order valence-electron chi connectivity index (χ2n) is 7.69. The maximum atomic E-state index is 11.8. The van der Waals surface area contributed by atoms with Gasteiger partial charge in [0.1, 0.15) is 0 Å². The Bertz CT molecular complexity index is 699. The molecule has 0 spiro atoms. The highest BCUT2D eigenvalue weighted by molar-refractivity contribution is 6.30. The van der Waals surface area contributed by atoms with E-state index in [1.54, 1.807) is 0 Å². The topological polar surface area (TPSA) is 66.4 Å². The lowest BCUT2D eigenvalue weighted by molar-refractivity contribution is -0.146. The van der Waals surface area contributed by atoms with Crippen LogP contribution in [0.5, 0.6) is 0 Å². The van der Waals surface area contributed by atoms with Gasteiger partial charge in [0.05, 0.1) is 38.8 Å². The minimum absolute atomic E-state index is 0.00991. The number of carbonyl (C=O) groups excluding carboxylic acids is 1. The molecule has 2 saturated heterocycles. The smallest absolute Gasteiger partial charge is 0.308 e. The molecule has 0 aromatic heterocycles. The van der Waals surface area contributed by atoms with Gasteiger partial charge in [0.2, 0.25) is 0 Å². The van der Waals surface area contributed by atoms with Gasteiger partial charge >= 0.3 is 5.97 Å². The quantitative estimate of drug-likeness (QED) is 0.420. The van der Waals surface area contributed by atoms with Gasteiger partial charge in [-0.2, -0.15) is 0 Å². The van der Waals surface area contributed by atoms with E-state index in [2.05, 4.69) is 34.2 Å². The van der Waals surface area contributed by atoms with Crippen molar-refractivity contribution < 1.29 is 14.3 Å². The molecular formula is C22H33ClN4O3. The monoisotopic (exact) mass is 436 g/mol. The van der Waals surface area contributed by atoms with Gasteiger partial charge in [-0.1, -0.05) is 23.7 Å². The number of guanidine groups is 1. The molecule has 0 radical (unpaired) electrons. The number of esters is 1. The largest absolute Gasteiger partial charge is 0.469 e. The third-order valence-electron chi connectivity index (χ3n) is 5.82. The number of likely N-dealkylation sites (tertiary alicyclic amines) is 1. The molecule has 0 amide bonds. The van der Waals surface area contributed by atoms with Crippen LogP contribution in [0.1, 0.15) is 31.4 Å². The standard InChI is InChI=1S/C22H33ClN4O3/c1-3-24-22(27-10-8-18(9-11-27)21(28)29-2)25-16-20(26-12-14-30-15-13-26)17-4-6-19(23)7-5-17/h4-7,18,20H,3,8-16H2,1-2H3,(H,24,25). The van der Waals surface area contributed by atoms with E-state index in [9.17, 15) is 4.79 Å². The zero-order valence-corrected chi connectivity index (χ0v) is 18.7. The summed E-state index contributed by atoms with van der Waals surface area (Å²) in [5.74, 6) is 0.795. The fraction of sp³-hybridized carbons (Fsp3) is 0.636. The van der Waals surface area contributed by atoms with Gasteiger partial charge in [0.15, 0.2) is 5.96 Å². The molecule has 30 heavy (non-hydrogen) atoms.